The molecule has 0 saturated heterocycles. The summed E-state index contributed by atoms with van der Waals surface area (Å²) in [4.78, 5) is 21.1. The van der Waals surface area contributed by atoms with E-state index in [1.165, 1.54) is 0 Å². The Morgan fingerprint density at radius 2 is 1.79 bits per heavy atom. The number of para-hydroxylation sites is 1. The number of carbonyl (C=O) groups excluding carboxylic acids is 1. The molecular weight excluding hydrogens is 236 g/mol. The van der Waals surface area contributed by atoms with Crippen LogP contribution in [0.4, 0.5) is 0 Å². The Balaban J connectivity index is 2.17. The van der Waals surface area contributed by atoms with Crippen LogP contribution in [-0.2, 0) is 0 Å². The number of fused-ring (bicyclic) bond motifs is 1. The molecule has 0 N–H and O–H groups in total. The molecule has 0 amide bonds. The maximum Gasteiger partial charge on any atom is 0.213 e. The molecule has 19 heavy (non-hydrogen) atoms. The standard InChI is InChI=1S/C16H12N2O/c1-11-5-2-9-14(18-11)16(19)13-8-3-6-12-7-4-10-17-15(12)13/h2-10H,1H3. The van der Waals surface area contributed by atoms with Gasteiger partial charge in [-0.1, -0.05) is 24.3 Å². The third-order valence-corrected chi connectivity index (χ3v) is 3.00. The molecule has 2 aromatic heterocycles. The van der Waals surface area contributed by atoms with Crippen LogP contribution in [0.25, 0.3) is 10.9 Å². The minimum Gasteiger partial charge on any atom is -0.287 e. The maximum atomic E-state index is 12.5. The van der Waals surface area contributed by atoms with Crippen LogP contribution in [-0.4, -0.2) is 15.8 Å². The molecule has 0 fully saturated rings. The summed E-state index contributed by atoms with van der Waals surface area (Å²) in [6, 6.07) is 14.9. The van der Waals surface area contributed by atoms with Crippen LogP contribution in [0.1, 0.15) is 21.7 Å². The van der Waals surface area contributed by atoms with Gasteiger partial charge in [0.1, 0.15) is 5.69 Å². The molecule has 0 aliphatic rings. The Bertz CT molecular complexity index is 760. The van der Waals surface area contributed by atoms with Crippen molar-refractivity contribution in [1.29, 1.82) is 0 Å². The van der Waals surface area contributed by atoms with Gasteiger partial charge in [-0.15, -0.1) is 0 Å². The highest BCUT2D eigenvalue weighted by Gasteiger charge is 2.14. The number of rotatable bonds is 2. The molecule has 2 heterocycles. The van der Waals surface area contributed by atoms with Crippen LogP contribution in [0.2, 0.25) is 0 Å². The van der Waals surface area contributed by atoms with Crippen molar-refractivity contribution in [3.63, 3.8) is 0 Å². The third-order valence-electron chi connectivity index (χ3n) is 3.00. The van der Waals surface area contributed by atoms with E-state index in [1.54, 1.807) is 18.3 Å². The first-order chi connectivity index (χ1) is 9.25. The van der Waals surface area contributed by atoms with E-state index >= 15 is 0 Å². The van der Waals surface area contributed by atoms with E-state index in [0.29, 0.717) is 11.3 Å². The topological polar surface area (TPSA) is 42.9 Å². The monoisotopic (exact) mass is 248 g/mol. The molecule has 3 heteroatoms. The van der Waals surface area contributed by atoms with Crippen LogP contribution in [0.3, 0.4) is 0 Å². The van der Waals surface area contributed by atoms with E-state index in [1.807, 2.05) is 43.3 Å². The van der Waals surface area contributed by atoms with Crippen LogP contribution < -0.4 is 0 Å². The van der Waals surface area contributed by atoms with E-state index in [4.69, 9.17) is 0 Å². The first kappa shape index (κ1) is 11.5. The van der Waals surface area contributed by atoms with Crippen LogP contribution in [0.5, 0.6) is 0 Å². The lowest BCUT2D eigenvalue weighted by atomic mass is 10.0. The molecule has 1 aromatic carbocycles. The van der Waals surface area contributed by atoms with Gasteiger partial charge in [0.25, 0.3) is 0 Å². The highest BCUT2D eigenvalue weighted by Crippen LogP contribution is 2.18. The zero-order valence-corrected chi connectivity index (χ0v) is 10.5. The van der Waals surface area contributed by atoms with Crippen LogP contribution >= 0.6 is 0 Å². The van der Waals surface area contributed by atoms with E-state index in [2.05, 4.69) is 9.97 Å². The number of carbonyl (C=O) groups is 1. The van der Waals surface area contributed by atoms with Gasteiger partial charge in [0, 0.05) is 17.3 Å². The van der Waals surface area contributed by atoms with E-state index in [9.17, 15) is 4.79 Å². The van der Waals surface area contributed by atoms with E-state index in [-0.39, 0.29) is 5.78 Å². The predicted octanol–water partition coefficient (Wildman–Crippen LogP) is 3.17. The first-order valence-electron chi connectivity index (χ1n) is 6.08. The van der Waals surface area contributed by atoms with Crippen molar-refractivity contribution in [2.75, 3.05) is 0 Å². The summed E-state index contributed by atoms with van der Waals surface area (Å²) >= 11 is 0. The van der Waals surface area contributed by atoms with Gasteiger partial charge in [0.15, 0.2) is 0 Å². The van der Waals surface area contributed by atoms with Crippen molar-refractivity contribution < 1.29 is 4.79 Å². The second-order valence-electron chi connectivity index (χ2n) is 4.37. The molecule has 0 bridgehead atoms. The molecule has 0 unspecified atom stereocenters. The fourth-order valence-corrected chi connectivity index (χ4v) is 2.09. The molecule has 0 aliphatic heterocycles. The maximum absolute atomic E-state index is 12.5. The molecule has 3 aromatic rings. The second-order valence-corrected chi connectivity index (χ2v) is 4.37. The average molecular weight is 248 g/mol. The summed E-state index contributed by atoms with van der Waals surface area (Å²) in [7, 11) is 0. The molecule has 0 radical (unpaired) electrons. The molecule has 3 rings (SSSR count). The smallest absolute Gasteiger partial charge is 0.213 e. The van der Waals surface area contributed by atoms with Crippen molar-refractivity contribution in [3.8, 4) is 0 Å². The highest BCUT2D eigenvalue weighted by molar-refractivity contribution is 6.14. The number of aryl methyl sites for hydroxylation is 1. The minimum absolute atomic E-state index is 0.0898. The van der Waals surface area contributed by atoms with Gasteiger partial charge in [-0.2, -0.15) is 0 Å². The van der Waals surface area contributed by atoms with Gasteiger partial charge < -0.3 is 0 Å². The lowest BCUT2D eigenvalue weighted by Crippen LogP contribution is -2.06. The minimum atomic E-state index is -0.0898. The van der Waals surface area contributed by atoms with Gasteiger partial charge in [-0.05, 0) is 31.2 Å². The van der Waals surface area contributed by atoms with E-state index in [0.717, 1.165) is 16.6 Å². The summed E-state index contributed by atoms with van der Waals surface area (Å²) in [5, 5.41) is 0.959. The quantitative estimate of drug-likeness (QED) is 0.654. The van der Waals surface area contributed by atoms with Gasteiger partial charge in [-0.25, -0.2) is 4.98 Å². The van der Waals surface area contributed by atoms with Crippen LogP contribution in [0, 0.1) is 6.92 Å². The second kappa shape index (κ2) is 4.61. The number of hydrogen-bond acceptors (Lipinski definition) is 3. The van der Waals surface area contributed by atoms with Gasteiger partial charge in [-0.3, -0.25) is 9.78 Å². The van der Waals surface area contributed by atoms with Crippen LogP contribution in [0.15, 0.2) is 54.7 Å². The summed E-state index contributed by atoms with van der Waals surface area (Å²) in [6.45, 7) is 1.87. The Morgan fingerprint density at radius 1 is 1.00 bits per heavy atom. The van der Waals surface area contributed by atoms with Crippen molar-refractivity contribution in [2.45, 2.75) is 6.92 Å². The molecule has 0 aliphatic carbocycles. The van der Waals surface area contributed by atoms with Gasteiger partial charge >= 0.3 is 0 Å². The lowest BCUT2D eigenvalue weighted by molar-refractivity contribution is 0.103. The number of aromatic nitrogens is 2. The lowest BCUT2D eigenvalue weighted by Gasteiger charge is -2.04. The zero-order valence-electron chi connectivity index (χ0n) is 10.5. The molecule has 3 nitrogen and oxygen atoms in total. The Morgan fingerprint density at radius 3 is 2.63 bits per heavy atom. The van der Waals surface area contributed by atoms with Gasteiger partial charge in [0.2, 0.25) is 5.78 Å². The zero-order chi connectivity index (χ0) is 13.2. The van der Waals surface area contributed by atoms with Crippen molar-refractivity contribution in [1.82, 2.24) is 9.97 Å². The van der Waals surface area contributed by atoms with Crippen molar-refractivity contribution >= 4 is 16.7 Å². The summed E-state index contributed by atoms with van der Waals surface area (Å²) in [5.74, 6) is -0.0898. The summed E-state index contributed by atoms with van der Waals surface area (Å²) in [5.41, 5.74) is 2.60. The predicted molar refractivity (Wildman–Crippen MR) is 74.1 cm³/mol. The summed E-state index contributed by atoms with van der Waals surface area (Å²) in [6.07, 6.45) is 1.70. The highest BCUT2D eigenvalue weighted by atomic mass is 16.1. The van der Waals surface area contributed by atoms with Crippen molar-refractivity contribution in [3.05, 3.63) is 71.7 Å². The molecule has 0 saturated carbocycles. The summed E-state index contributed by atoms with van der Waals surface area (Å²) < 4.78 is 0. The third kappa shape index (κ3) is 2.10. The SMILES string of the molecule is Cc1cccc(C(=O)c2cccc3cccnc23)n1. The fourth-order valence-electron chi connectivity index (χ4n) is 2.09. The Labute approximate surface area is 111 Å². The largest absolute Gasteiger partial charge is 0.287 e. The average Bonchev–Trinajstić information content (AvgIpc) is 2.46. The normalized spacial score (nSPS) is 10.6. The molecule has 0 atom stereocenters. The number of pyridine rings is 2. The number of ketones is 1. The number of nitrogens with zero attached hydrogens (tertiary/aromatic N) is 2. The number of benzene rings is 1. The van der Waals surface area contributed by atoms with Crippen molar-refractivity contribution in [2.24, 2.45) is 0 Å². The molecule has 92 valence electrons. The first-order valence-corrected chi connectivity index (χ1v) is 6.08. The number of hydrogen-bond donors (Lipinski definition) is 0. The Hall–Kier alpha value is -2.55. The Kier molecular flexibility index (Phi) is 2.80. The van der Waals surface area contributed by atoms with E-state index < -0.39 is 0 Å². The fraction of sp³-hybridized carbons (Fsp3) is 0.0625. The molecule has 0 spiro atoms. The molecular formula is C16H12N2O. The van der Waals surface area contributed by atoms with Gasteiger partial charge in [0.05, 0.1) is 11.1 Å².